The third-order valence-corrected chi connectivity index (χ3v) is 2.39. The minimum absolute atomic E-state index is 0.399. The molecule has 82 valence electrons. The molecule has 0 bridgehead atoms. The third-order valence-electron chi connectivity index (χ3n) is 2.16. The standard InChI is InChI=1S/C12H16ClNO/c1-8(2)11-7-10(13)5-6-12(11)14-9(3)15-4/h5-8,14H,3H2,1-2,4H3. The molecule has 1 rings (SSSR count). The van der Waals surface area contributed by atoms with E-state index in [0.29, 0.717) is 11.8 Å². The molecule has 0 saturated carbocycles. The molecule has 0 spiro atoms. The second-order valence-electron chi connectivity index (χ2n) is 3.64. The Kier molecular flexibility index (Phi) is 4.04. The monoisotopic (exact) mass is 225 g/mol. The van der Waals surface area contributed by atoms with Gasteiger partial charge in [0.1, 0.15) is 0 Å². The molecule has 0 amide bonds. The van der Waals surface area contributed by atoms with Gasteiger partial charge in [-0.2, -0.15) is 0 Å². The van der Waals surface area contributed by atoms with Gasteiger partial charge in [-0.15, -0.1) is 0 Å². The molecule has 0 saturated heterocycles. The Bertz CT molecular complexity index is 361. The maximum Gasteiger partial charge on any atom is 0.183 e. The highest BCUT2D eigenvalue weighted by Crippen LogP contribution is 2.28. The van der Waals surface area contributed by atoms with E-state index in [4.69, 9.17) is 16.3 Å². The molecule has 3 heteroatoms. The molecule has 15 heavy (non-hydrogen) atoms. The van der Waals surface area contributed by atoms with Crippen LogP contribution in [0.25, 0.3) is 0 Å². The van der Waals surface area contributed by atoms with E-state index in [1.807, 2.05) is 18.2 Å². The number of methoxy groups -OCH3 is 1. The van der Waals surface area contributed by atoms with Crippen molar-refractivity contribution in [3.8, 4) is 0 Å². The average Bonchev–Trinajstić information content (AvgIpc) is 2.20. The molecule has 0 aromatic heterocycles. The van der Waals surface area contributed by atoms with Crippen LogP contribution < -0.4 is 5.32 Å². The van der Waals surface area contributed by atoms with Crippen LogP contribution in [0.3, 0.4) is 0 Å². The van der Waals surface area contributed by atoms with Crippen molar-refractivity contribution in [1.82, 2.24) is 0 Å². The van der Waals surface area contributed by atoms with Gasteiger partial charge in [0, 0.05) is 10.7 Å². The van der Waals surface area contributed by atoms with Gasteiger partial charge in [-0.3, -0.25) is 0 Å². The number of anilines is 1. The Morgan fingerprint density at radius 2 is 2.13 bits per heavy atom. The van der Waals surface area contributed by atoms with Crippen molar-refractivity contribution in [2.24, 2.45) is 0 Å². The summed E-state index contributed by atoms with van der Waals surface area (Å²) in [6.07, 6.45) is 0. The lowest BCUT2D eigenvalue weighted by Gasteiger charge is -2.15. The number of hydrogen-bond donors (Lipinski definition) is 1. The summed E-state index contributed by atoms with van der Waals surface area (Å²) in [6, 6.07) is 5.73. The van der Waals surface area contributed by atoms with E-state index in [2.05, 4.69) is 25.7 Å². The molecule has 0 unspecified atom stereocenters. The zero-order valence-electron chi connectivity index (χ0n) is 9.30. The highest BCUT2D eigenvalue weighted by molar-refractivity contribution is 6.30. The number of ether oxygens (including phenoxy) is 1. The Morgan fingerprint density at radius 3 is 2.67 bits per heavy atom. The van der Waals surface area contributed by atoms with E-state index in [9.17, 15) is 0 Å². The van der Waals surface area contributed by atoms with E-state index in [-0.39, 0.29) is 0 Å². The fourth-order valence-electron chi connectivity index (χ4n) is 1.33. The summed E-state index contributed by atoms with van der Waals surface area (Å²) in [6.45, 7) is 7.96. The van der Waals surface area contributed by atoms with Gasteiger partial charge in [-0.25, -0.2) is 0 Å². The zero-order valence-corrected chi connectivity index (χ0v) is 10.1. The molecular formula is C12H16ClNO. The second-order valence-corrected chi connectivity index (χ2v) is 4.08. The Labute approximate surface area is 95.9 Å². The number of rotatable bonds is 4. The molecule has 0 radical (unpaired) electrons. The van der Waals surface area contributed by atoms with Gasteiger partial charge in [0.05, 0.1) is 7.11 Å². The van der Waals surface area contributed by atoms with E-state index in [1.165, 1.54) is 0 Å². The molecule has 1 aromatic rings. The molecule has 1 N–H and O–H groups in total. The quantitative estimate of drug-likeness (QED) is 0.783. The van der Waals surface area contributed by atoms with Crippen molar-refractivity contribution in [3.05, 3.63) is 41.2 Å². The van der Waals surface area contributed by atoms with Crippen LogP contribution in [-0.2, 0) is 4.74 Å². The van der Waals surface area contributed by atoms with Gasteiger partial charge in [0.25, 0.3) is 0 Å². The topological polar surface area (TPSA) is 21.3 Å². The second kappa shape index (κ2) is 5.08. The molecule has 0 heterocycles. The Balaban J connectivity index is 3.00. The van der Waals surface area contributed by atoms with Gasteiger partial charge in [0.15, 0.2) is 5.88 Å². The van der Waals surface area contributed by atoms with Crippen LogP contribution in [0.15, 0.2) is 30.7 Å². The fraction of sp³-hybridized carbons (Fsp3) is 0.333. The molecule has 0 aliphatic heterocycles. The summed E-state index contributed by atoms with van der Waals surface area (Å²) in [4.78, 5) is 0. The lowest BCUT2D eigenvalue weighted by molar-refractivity contribution is 0.299. The van der Waals surface area contributed by atoms with Gasteiger partial charge < -0.3 is 10.1 Å². The van der Waals surface area contributed by atoms with Crippen molar-refractivity contribution in [2.45, 2.75) is 19.8 Å². The van der Waals surface area contributed by atoms with Crippen molar-refractivity contribution in [2.75, 3.05) is 12.4 Å². The lowest BCUT2D eigenvalue weighted by atomic mass is 10.0. The largest absolute Gasteiger partial charge is 0.483 e. The normalized spacial score (nSPS) is 10.2. The van der Waals surface area contributed by atoms with Gasteiger partial charge in [0.2, 0.25) is 0 Å². The average molecular weight is 226 g/mol. The van der Waals surface area contributed by atoms with Gasteiger partial charge in [-0.1, -0.05) is 25.4 Å². The van der Waals surface area contributed by atoms with Gasteiger partial charge >= 0.3 is 0 Å². The van der Waals surface area contributed by atoms with Crippen molar-refractivity contribution < 1.29 is 4.74 Å². The molecule has 0 aliphatic carbocycles. The lowest BCUT2D eigenvalue weighted by Crippen LogP contribution is -2.03. The smallest absolute Gasteiger partial charge is 0.183 e. The molecule has 0 aliphatic rings. The molecule has 2 nitrogen and oxygen atoms in total. The summed E-state index contributed by atoms with van der Waals surface area (Å²) >= 11 is 5.95. The first-order chi connectivity index (χ1) is 7.04. The van der Waals surface area contributed by atoms with E-state index < -0.39 is 0 Å². The van der Waals surface area contributed by atoms with Crippen LogP contribution in [0, 0.1) is 0 Å². The molecular weight excluding hydrogens is 210 g/mol. The SMILES string of the molecule is C=C(Nc1ccc(Cl)cc1C(C)C)OC. The summed E-state index contributed by atoms with van der Waals surface area (Å²) < 4.78 is 4.98. The summed E-state index contributed by atoms with van der Waals surface area (Å²) in [5.41, 5.74) is 2.14. The summed E-state index contributed by atoms with van der Waals surface area (Å²) in [7, 11) is 1.58. The minimum Gasteiger partial charge on any atom is -0.483 e. The molecule has 0 atom stereocenters. The van der Waals surface area contributed by atoms with E-state index >= 15 is 0 Å². The maximum atomic E-state index is 5.95. The highest BCUT2D eigenvalue weighted by atomic mass is 35.5. The summed E-state index contributed by atoms with van der Waals surface area (Å²) in [5.74, 6) is 0.926. The van der Waals surface area contributed by atoms with Crippen molar-refractivity contribution in [1.29, 1.82) is 0 Å². The first-order valence-corrected chi connectivity index (χ1v) is 5.21. The van der Waals surface area contributed by atoms with E-state index in [0.717, 1.165) is 16.3 Å². The Hall–Kier alpha value is -1.15. The van der Waals surface area contributed by atoms with Crippen LogP contribution >= 0.6 is 11.6 Å². The number of halogens is 1. The third kappa shape index (κ3) is 3.17. The van der Waals surface area contributed by atoms with Crippen LogP contribution in [0.2, 0.25) is 5.02 Å². The maximum absolute atomic E-state index is 5.95. The first kappa shape index (κ1) is 11.9. The number of benzene rings is 1. The van der Waals surface area contributed by atoms with Gasteiger partial charge in [-0.05, 0) is 36.3 Å². The molecule has 1 aromatic carbocycles. The Morgan fingerprint density at radius 1 is 1.47 bits per heavy atom. The predicted molar refractivity (Wildman–Crippen MR) is 65.3 cm³/mol. The fourth-order valence-corrected chi connectivity index (χ4v) is 1.51. The number of hydrogen-bond acceptors (Lipinski definition) is 2. The highest BCUT2D eigenvalue weighted by Gasteiger charge is 2.07. The summed E-state index contributed by atoms with van der Waals surface area (Å²) in [5, 5.41) is 3.84. The minimum atomic E-state index is 0.399. The van der Waals surface area contributed by atoms with Crippen LogP contribution in [0.5, 0.6) is 0 Å². The van der Waals surface area contributed by atoms with Crippen LogP contribution in [-0.4, -0.2) is 7.11 Å². The number of nitrogens with one attached hydrogen (secondary N) is 1. The zero-order chi connectivity index (χ0) is 11.4. The first-order valence-electron chi connectivity index (χ1n) is 4.84. The van der Waals surface area contributed by atoms with Crippen LogP contribution in [0.4, 0.5) is 5.69 Å². The van der Waals surface area contributed by atoms with Crippen molar-refractivity contribution in [3.63, 3.8) is 0 Å². The molecule has 0 fully saturated rings. The predicted octanol–water partition coefficient (Wildman–Crippen LogP) is 3.99. The van der Waals surface area contributed by atoms with E-state index in [1.54, 1.807) is 7.11 Å². The van der Waals surface area contributed by atoms with Crippen LogP contribution in [0.1, 0.15) is 25.3 Å². The van der Waals surface area contributed by atoms with Crippen molar-refractivity contribution >= 4 is 17.3 Å².